The number of amides is 1. The quantitative estimate of drug-likeness (QED) is 0.390. The van der Waals surface area contributed by atoms with E-state index in [1.165, 1.54) is 16.7 Å². The molecule has 2 aromatic rings. The van der Waals surface area contributed by atoms with Crippen molar-refractivity contribution in [3.63, 3.8) is 0 Å². The van der Waals surface area contributed by atoms with E-state index in [-0.39, 0.29) is 11.7 Å². The highest BCUT2D eigenvalue weighted by molar-refractivity contribution is 5.85. The van der Waals surface area contributed by atoms with Crippen molar-refractivity contribution in [3.05, 3.63) is 65.7 Å². The number of piperazine rings is 1. The second kappa shape index (κ2) is 9.12. The summed E-state index contributed by atoms with van der Waals surface area (Å²) in [5.74, 6) is 0.0480. The lowest BCUT2D eigenvalue weighted by molar-refractivity contribution is -1.02. The average Bonchev–Trinajstić information content (AvgIpc) is 2.66. The number of rotatable bonds is 6. The fourth-order valence-corrected chi connectivity index (χ4v) is 3.23. The molecule has 0 unspecified atom stereocenters. The zero-order valence-corrected chi connectivity index (χ0v) is 14.8. The largest absolute Gasteiger partial charge is 0.507 e. The zero-order chi connectivity index (χ0) is 18.2. The Morgan fingerprint density at radius 2 is 1.65 bits per heavy atom. The molecule has 26 heavy (non-hydrogen) atoms. The van der Waals surface area contributed by atoms with E-state index in [0.29, 0.717) is 12.1 Å². The van der Waals surface area contributed by atoms with Crippen LogP contribution >= 0.6 is 0 Å². The second-order valence-electron chi connectivity index (χ2n) is 6.69. The van der Waals surface area contributed by atoms with E-state index in [2.05, 4.69) is 34.8 Å². The third kappa shape index (κ3) is 5.40. The number of nitrogens with one attached hydrogen (secondary N) is 3. The van der Waals surface area contributed by atoms with Crippen LogP contribution in [0.15, 0.2) is 59.7 Å². The molecular formula is C20H26N4O2+2. The normalized spacial score (nSPS) is 20.2. The van der Waals surface area contributed by atoms with Gasteiger partial charge < -0.3 is 14.9 Å². The standard InChI is InChI=1S/C20H24N4O2/c25-19-9-5-4-8-18(19)14-21-22-20(26)16-24-12-10-23(11-13-24)15-17-6-2-1-3-7-17/h1-9,14,25H,10-13,15-16H2,(H,22,26)/p+2. The van der Waals surface area contributed by atoms with Crippen molar-refractivity contribution in [2.75, 3.05) is 32.7 Å². The number of hydrogen-bond acceptors (Lipinski definition) is 3. The molecule has 0 aromatic heterocycles. The van der Waals surface area contributed by atoms with Crippen molar-refractivity contribution in [1.29, 1.82) is 0 Å². The fourth-order valence-electron chi connectivity index (χ4n) is 3.23. The van der Waals surface area contributed by atoms with Crippen molar-refractivity contribution in [1.82, 2.24) is 5.43 Å². The number of aromatic hydroxyl groups is 1. The van der Waals surface area contributed by atoms with Crippen LogP contribution in [0.3, 0.4) is 0 Å². The molecule has 1 aliphatic rings. The first-order valence-corrected chi connectivity index (χ1v) is 9.01. The first-order valence-electron chi connectivity index (χ1n) is 9.01. The summed E-state index contributed by atoms with van der Waals surface area (Å²) in [6.07, 6.45) is 1.46. The molecule has 0 aliphatic carbocycles. The number of carbonyl (C=O) groups excluding carboxylic acids is 1. The highest BCUT2D eigenvalue weighted by Crippen LogP contribution is 2.12. The molecule has 0 atom stereocenters. The van der Waals surface area contributed by atoms with Gasteiger partial charge in [0, 0.05) is 11.1 Å². The molecule has 1 fully saturated rings. The summed E-state index contributed by atoms with van der Waals surface area (Å²) < 4.78 is 0. The molecule has 3 rings (SSSR count). The SMILES string of the molecule is O=C(C[NH+]1CC[NH+](Cc2ccccc2)CC1)NN=Cc1ccccc1O. The predicted molar refractivity (Wildman–Crippen MR) is 100 cm³/mol. The maximum atomic E-state index is 12.0. The highest BCUT2D eigenvalue weighted by Gasteiger charge is 2.24. The lowest BCUT2D eigenvalue weighted by atomic mass is 10.2. The lowest BCUT2D eigenvalue weighted by Gasteiger charge is -2.29. The van der Waals surface area contributed by atoms with Crippen molar-refractivity contribution in [2.45, 2.75) is 6.54 Å². The van der Waals surface area contributed by atoms with E-state index in [4.69, 9.17) is 0 Å². The molecule has 136 valence electrons. The maximum absolute atomic E-state index is 12.0. The van der Waals surface area contributed by atoms with Gasteiger partial charge in [0.1, 0.15) is 38.5 Å². The molecule has 0 saturated carbocycles. The first-order chi connectivity index (χ1) is 12.7. The van der Waals surface area contributed by atoms with Gasteiger partial charge in [-0.25, -0.2) is 5.43 Å². The van der Waals surface area contributed by atoms with Gasteiger partial charge in [-0.05, 0) is 12.1 Å². The minimum atomic E-state index is -0.0989. The Labute approximate surface area is 153 Å². The smallest absolute Gasteiger partial charge is 0.295 e. The molecule has 2 aromatic carbocycles. The van der Waals surface area contributed by atoms with E-state index in [1.54, 1.807) is 23.1 Å². The van der Waals surface area contributed by atoms with Gasteiger partial charge >= 0.3 is 0 Å². The zero-order valence-electron chi connectivity index (χ0n) is 14.8. The van der Waals surface area contributed by atoms with Gasteiger partial charge in [0.25, 0.3) is 5.91 Å². The average molecular weight is 354 g/mol. The van der Waals surface area contributed by atoms with Crippen LogP contribution in [-0.4, -0.2) is 50.0 Å². The van der Waals surface area contributed by atoms with Gasteiger partial charge in [0.05, 0.1) is 6.21 Å². The Hall–Kier alpha value is -2.70. The number of nitrogens with zero attached hydrogens (tertiary/aromatic N) is 1. The van der Waals surface area contributed by atoms with E-state index >= 15 is 0 Å². The summed E-state index contributed by atoms with van der Waals surface area (Å²) in [4.78, 5) is 14.9. The predicted octanol–water partition coefficient (Wildman–Crippen LogP) is -1.17. The fraction of sp³-hybridized carbons (Fsp3) is 0.300. The van der Waals surface area contributed by atoms with Gasteiger partial charge in [-0.3, -0.25) is 4.79 Å². The summed E-state index contributed by atoms with van der Waals surface area (Å²) >= 11 is 0. The minimum absolute atomic E-state index is 0.0989. The molecular weight excluding hydrogens is 328 g/mol. The molecule has 0 bridgehead atoms. The van der Waals surface area contributed by atoms with Crippen LogP contribution in [0.1, 0.15) is 11.1 Å². The first kappa shape index (κ1) is 18.1. The number of hydrogen-bond donors (Lipinski definition) is 4. The Balaban J connectivity index is 1.39. The Kier molecular flexibility index (Phi) is 6.35. The van der Waals surface area contributed by atoms with Crippen LogP contribution in [0, 0.1) is 0 Å². The number of phenols is 1. The monoisotopic (exact) mass is 354 g/mol. The molecule has 0 radical (unpaired) electrons. The van der Waals surface area contributed by atoms with E-state index in [9.17, 15) is 9.90 Å². The van der Waals surface area contributed by atoms with Crippen LogP contribution in [0.25, 0.3) is 0 Å². The maximum Gasteiger partial charge on any atom is 0.295 e. The molecule has 6 heteroatoms. The Bertz CT molecular complexity index is 740. The molecule has 1 aliphatic heterocycles. The van der Waals surface area contributed by atoms with Crippen molar-refractivity contribution >= 4 is 12.1 Å². The number of carbonyl (C=O) groups is 1. The van der Waals surface area contributed by atoms with Crippen molar-refractivity contribution in [2.24, 2.45) is 5.10 Å². The van der Waals surface area contributed by atoms with Crippen LogP contribution < -0.4 is 15.2 Å². The number of quaternary nitrogens is 2. The number of benzene rings is 2. The Morgan fingerprint density at radius 1 is 1.00 bits per heavy atom. The van der Waals surface area contributed by atoms with Crippen LogP contribution in [0.5, 0.6) is 5.75 Å². The third-order valence-corrected chi connectivity index (χ3v) is 4.70. The summed E-state index contributed by atoms with van der Waals surface area (Å²) in [5, 5.41) is 13.6. The molecule has 6 nitrogen and oxygen atoms in total. The summed E-state index contributed by atoms with van der Waals surface area (Å²) in [6, 6.07) is 17.4. The Morgan fingerprint density at radius 3 is 2.38 bits per heavy atom. The van der Waals surface area contributed by atoms with Crippen LogP contribution in [0.4, 0.5) is 0 Å². The van der Waals surface area contributed by atoms with Gasteiger partial charge in [0.2, 0.25) is 0 Å². The van der Waals surface area contributed by atoms with E-state index in [1.807, 2.05) is 12.1 Å². The minimum Gasteiger partial charge on any atom is -0.507 e. The molecule has 0 spiro atoms. The number of para-hydroxylation sites is 1. The van der Waals surface area contributed by atoms with Gasteiger partial charge in [-0.2, -0.15) is 5.10 Å². The van der Waals surface area contributed by atoms with Crippen molar-refractivity contribution < 1.29 is 19.7 Å². The van der Waals surface area contributed by atoms with Crippen LogP contribution in [-0.2, 0) is 11.3 Å². The van der Waals surface area contributed by atoms with Crippen molar-refractivity contribution in [3.8, 4) is 5.75 Å². The van der Waals surface area contributed by atoms with E-state index in [0.717, 1.165) is 32.7 Å². The lowest BCUT2D eigenvalue weighted by Crippen LogP contribution is -3.28. The second-order valence-corrected chi connectivity index (χ2v) is 6.69. The van der Waals surface area contributed by atoms with Gasteiger partial charge in [-0.15, -0.1) is 0 Å². The molecule has 1 heterocycles. The number of phenolic OH excluding ortho intramolecular Hbond substituents is 1. The van der Waals surface area contributed by atoms with Crippen LogP contribution in [0.2, 0.25) is 0 Å². The number of hydrazone groups is 1. The topological polar surface area (TPSA) is 70.6 Å². The van der Waals surface area contributed by atoms with Gasteiger partial charge in [0.15, 0.2) is 6.54 Å². The molecule has 4 N–H and O–H groups in total. The molecule has 1 amide bonds. The summed E-state index contributed by atoms with van der Waals surface area (Å²) in [5.41, 5.74) is 4.49. The van der Waals surface area contributed by atoms with E-state index < -0.39 is 0 Å². The highest BCUT2D eigenvalue weighted by atomic mass is 16.3. The summed E-state index contributed by atoms with van der Waals surface area (Å²) in [7, 11) is 0. The summed E-state index contributed by atoms with van der Waals surface area (Å²) in [6.45, 7) is 5.58. The van der Waals surface area contributed by atoms with Gasteiger partial charge in [-0.1, -0.05) is 42.5 Å². The molecule has 1 saturated heterocycles. The third-order valence-electron chi connectivity index (χ3n) is 4.70.